The van der Waals surface area contributed by atoms with Gasteiger partial charge in [-0.05, 0) is 31.9 Å². The van der Waals surface area contributed by atoms with Crippen molar-refractivity contribution in [3.05, 3.63) is 91.9 Å². The molecule has 3 rings (SSSR count). The second kappa shape index (κ2) is 7.43. The van der Waals surface area contributed by atoms with Gasteiger partial charge < -0.3 is 0 Å². The Labute approximate surface area is 165 Å². The number of carbonyl (C=O) groups is 4. The van der Waals surface area contributed by atoms with Gasteiger partial charge in [0, 0.05) is 11.1 Å². The fourth-order valence-electron chi connectivity index (χ4n) is 2.52. The molecule has 2 aromatic rings. The summed E-state index contributed by atoms with van der Waals surface area (Å²) in [5.41, 5.74) is -0.0344. The van der Waals surface area contributed by atoms with Crippen LogP contribution in [-0.4, -0.2) is 23.1 Å². The molecule has 0 unspecified atom stereocenters. The summed E-state index contributed by atoms with van der Waals surface area (Å²) in [6, 6.07) is 16.3. The fraction of sp³-hybridized carbons (Fsp3) is 0. The van der Waals surface area contributed by atoms with Crippen LogP contribution in [0.1, 0.15) is 20.7 Å². The predicted octanol–water partition coefficient (Wildman–Crippen LogP) is 4.20. The number of hydrogen-bond donors (Lipinski definition) is 0. The van der Waals surface area contributed by atoms with E-state index in [2.05, 4.69) is 31.9 Å². The quantitative estimate of drug-likeness (QED) is 0.379. The van der Waals surface area contributed by atoms with Gasteiger partial charge in [-0.25, -0.2) is 0 Å². The number of hydrogen-bond acceptors (Lipinski definition) is 4. The first-order chi connectivity index (χ1) is 12.4. The highest BCUT2D eigenvalue weighted by Crippen LogP contribution is 2.34. The normalized spacial score (nSPS) is 14.7. The lowest BCUT2D eigenvalue weighted by Gasteiger charge is -2.17. The molecule has 0 saturated heterocycles. The van der Waals surface area contributed by atoms with Crippen LogP contribution in [0.5, 0.6) is 0 Å². The van der Waals surface area contributed by atoms with Crippen molar-refractivity contribution in [3.8, 4) is 0 Å². The first kappa shape index (κ1) is 18.4. The molecule has 0 spiro atoms. The topological polar surface area (TPSA) is 68.3 Å². The van der Waals surface area contributed by atoms with Gasteiger partial charge in [-0.15, -0.1) is 0 Å². The van der Waals surface area contributed by atoms with Crippen molar-refractivity contribution < 1.29 is 19.2 Å². The molecule has 1 aliphatic rings. The zero-order valence-corrected chi connectivity index (χ0v) is 16.3. The Morgan fingerprint density at radius 2 is 0.885 bits per heavy atom. The molecule has 0 bridgehead atoms. The average molecular weight is 474 g/mol. The molecule has 128 valence electrons. The SMILES string of the molecule is O=C1C(Br)=C(C(=O)c2ccccc2)C(=O)C(Br)=C1C(=O)c1ccccc1. The summed E-state index contributed by atoms with van der Waals surface area (Å²) in [6.07, 6.45) is 0. The molecule has 6 heteroatoms. The molecule has 0 saturated carbocycles. The number of ketones is 4. The monoisotopic (exact) mass is 472 g/mol. The van der Waals surface area contributed by atoms with Crippen molar-refractivity contribution >= 4 is 55.0 Å². The van der Waals surface area contributed by atoms with Crippen LogP contribution < -0.4 is 0 Å². The number of rotatable bonds is 4. The highest BCUT2D eigenvalue weighted by molar-refractivity contribution is 9.12. The second-order valence-electron chi connectivity index (χ2n) is 5.43. The van der Waals surface area contributed by atoms with Crippen molar-refractivity contribution in [3.63, 3.8) is 0 Å². The van der Waals surface area contributed by atoms with Crippen molar-refractivity contribution in [1.82, 2.24) is 0 Å². The Kier molecular flexibility index (Phi) is 5.25. The Morgan fingerprint density at radius 3 is 1.19 bits per heavy atom. The first-order valence-electron chi connectivity index (χ1n) is 7.52. The summed E-state index contributed by atoms with van der Waals surface area (Å²) in [4.78, 5) is 50.8. The number of allylic oxidation sites excluding steroid dienone is 4. The summed E-state index contributed by atoms with van der Waals surface area (Å²) in [5.74, 6) is -2.58. The van der Waals surface area contributed by atoms with E-state index in [4.69, 9.17) is 0 Å². The van der Waals surface area contributed by atoms with Gasteiger partial charge in [0.25, 0.3) is 0 Å². The molecule has 0 atom stereocenters. The van der Waals surface area contributed by atoms with Crippen LogP contribution in [-0.2, 0) is 9.59 Å². The van der Waals surface area contributed by atoms with E-state index >= 15 is 0 Å². The maximum absolute atomic E-state index is 12.7. The summed E-state index contributed by atoms with van der Waals surface area (Å²) in [7, 11) is 0. The molecular weight excluding hydrogens is 464 g/mol. The Hall–Kier alpha value is -2.44. The third kappa shape index (κ3) is 3.18. The van der Waals surface area contributed by atoms with Gasteiger partial charge in [-0.2, -0.15) is 0 Å². The standard InChI is InChI=1S/C20H10Br2O4/c21-15-13(17(23)11-7-3-1-4-8-11)19(25)16(22)14(20(15)26)18(24)12-9-5-2-6-10-12/h1-10H. The molecule has 0 aliphatic heterocycles. The maximum Gasteiger partial charge on any atom is 0.206 e. The molecule has 2 aromatic carbocycles. The zero-order valence-electron chi connectivity index (χ0n) is 13.2. The molecule has 26 heavy (non-hydrogen) atoms. The van der Waals surface area contributed by atoms with Gasteiger partial charge in [0.05, 0.1) is 20.1 Å². The van der Waals surface area contributed by atoms with Gasteiger partial charge in [0.15, 0.2) is 11.6 Å². The molecule has 0 aromatic heterocycles. The molecule has 0 heterocycles. The van der Waals surface area contributed by atoms with Gasteiger partial charge in [-0.3, -0.25) is 19.2 Å². The van der Waals surface area contributed by atoms with E-state index in [0.717, 1.165) is 0 Å². The maximum atomic E-state index is 12.7. The predicted molar refractivity (Wildman–Crippen MR) is 103 cm³/mol. The van der Waals surface area contributed by atoms with Crippen molar-refractivity contribution in [2.45, 2.75) is 0 Å². The largest absolute Gasteiger partial charge is 0.288 e. The molecule has 4 nitrogen and oxygen atoms in total. The van der Waals surface area contributed by atoms with E-state index in [1.54, 1.807) is 60.7 Å². The lowest BCUT2D eigenvalue weighted by molar-refractivity contribution is -0.115. The van der Waals surface area contributed by atoms with Gasteiger partial charge in [0.1, 0.15) is 0 Å². The van der Waals surface area contributed by atoms with Gasteiger partial charge >= 0.3 is 0 Å². The third-order valence-corrected chi connectivity index (χ3v) is 5.33. The van der Waals surface area contributed by atoms with Crippen LogP contribution in [0.3, 0.4) is 0 Å². The highest BCUT2D eigenvalue weighted by atomic mass is 79.9. The number of Topliss-reactive ketones (excluding diaryl/α,β-unsaturated/α-hetero) is 4. The molecule has 0 fully saturated rings. The zero-order chi connectivity index (χ0) is 18.8. The molecule has 0 amide bonds. The van der Waals surface area contributed by atoms with E-state index in [9.17, 15) is 19.2 Å². The average Bonchev–Trinajstić information content (AvgIpc) is 2.68. The van der Waals surface area contributed by atoms with E-state index < -0.39 is 23.1 Å². The Bertz CT molecular complexity index is 919. The summed E-state index contributed by atoms with van der Waals surface area (Å²) in [6.45, 7) is 0. The van der Waals surface area contributed by atoms with Crippen molar-refractivity contribution in [2.75, 3.05) is 0 Å². The first-order valence-corrected chi connectivity index (χ1v) is 9.10. The van der Waals surface area contributed by atoms with E-state index in [1.807, 2.05) is 0 Å². The van der Waals surface area contributed by atoms with Gasteiger partial charge in [-0.1, -0.05) is 60.7 Å². The molecular formula is C20H10Br2O4. The summed E-state index contributed by atoms with van der Waals surface area (Å²) >= 11 is 6.10. The number of carbonyl (C=O) groups excluding carboxylic acids is 4. The Balaban J connectivity index is 2.06. The van der Waals surface area contributed by atoms with Crippen LogP contribution >= 0.6 is 31.9 Å². The van der Waals surface area contributed by atoms with Crippen molar-refractivity contribution in [1.29, 1.82) is 0 Å². The van der Waals surface area contributed by atoms with Crippen LogP contribution in [0, 0.1) is 0 Å². The minimum Gasteiger partial charge on any atom is -0.288 e. The van der Waals surface area contributed by atoms with Crippen LogP contribution in [0.4, 0.5) is 0 Å². The molecule has 0 radical (unpaired) electrons. The Morgan fingerprint density at radius 1 is 0.577 bits per heavy atom. The lowest BCUT2D eigenvalue weighted by atomic mass is 9.88. The highest BCUT2D eigenvalue weighted by Gasteiger charge is 2.39. The van der Waals surface area contributed by atoms with Crippen LogP contribution in [0.2, 0.25) is 0 Å². The van der Waals surface area contributed by atoms with E-state index in [1.165, 1.54) is 0 Å². The molecule has 0 N–H and O–H groups in total. The minimum absolute atomic E-state index is 0.209. The smallest absolute Gasteiger partial charge is 0.206 e. The summed E-state index contributed by atoms with van der Waals surface area (Å²) < 4.78 is -0.419. The van der Waals surface area contributed by atoms with Crippen LogP contribution in [0.25, 0.3) is 0 Å². The van der Waals surface area contributed by atoms with Gasteiger partial charge in [0.2, 0.25) is 11.6 Å². The second-order valence-corrected chi connectivity index (χ2v) is 7.01. The molecule has 1 aliphatic carbocycles. The van der Waals surface area contributed by atoms with E-state index in [0.29, 0.717) is 0 Å². The number of halogens is 2. The van der Waals surface area contributed by atoms with Crippen LogP contribution in [0.15, 0.2) is 80.8 Å². The summed E-state index contributed by atoms with van der Waals surface area (Å²) in [5, 5.41) is 0. The fourth-order valence-corrected chi connectivity index (χ4v) is 3.64. The minimum atomic E-state index is -0.704. The lowest BCUT2D eigenvalue weighted by Crippen LogP contribution is -2.28. The van der Waals surface area contributed by atoms with E-state index in [-0.39, 0.29) is 31.2 Å². The number of benzene rings is 2. The van der Waals surface area contributed by atoms with Crippen molar-refractivity contribution in [2.24, 2.45) is 0 Å². The third-order valence-electron chi connectivity index (χ3n) is 3.82.